The molecule has 0 amide bonds. The maximum atomic E-state index is 5.95. The van der Waals surface area contributed by atoms with Crippen LogP contribution in [-0.2, 0) is 0 Å². The van der Waals surface area contributed by atoms with Crippen molar-refractivity contribution in [2.24, 2.45) is 5.41 Å². The lowest BCUT2D eigenvalue weighted by molar-refractivity contribution is 0.328. The van der Waals surface area contributed by atoms with Gasteiger partial charge in [0.15, 0.2) is 0 Å². The van der Waals surface area contributed by atoms with Crippen molar-refractivity contribution < 1.29 is 0 Å². The summed E-state index contributed by atoms with van der Waals surface area (Å²) < 4.78 is 0.871. The fourth-order valence-electron chi connectivity index (χ4n) is 1.80. The van der Waals surface area contributed by atoms with Gasteiger partial charge in [-0.15, -0.1) is 11.3 Å². The summed E-state index contributed by atoms with van der Waals surface area (Å²) in [6.07, 6.45) is 2.46. The monoisotopic (exact) mass is 273 g/mol. The molecular formula is C14H24ClNS. The smallest absolute Gasteiger partial charge is 0.0931 e. The fourth-order valence-corrected chi connectivity index (χ4v) is 2.88. The number of thiophene rings is 1. The molecule has 0 aliphatic heterocycles. The normalized spacial score (nSPS) is 15.9. The van der Waals surface area contributed by atoms with E-state index in [0.29, 0.717) is 17.5 Å². The van der Waals surface area contributed by atoms with Gasteiger partial charge in [0.05, 0.1) is 4.34 Å². The van der Waals surface area contributed by atoms with E-state index in [9.17, 15) is 0 Å². The highest BCUT2D eigenvalue weighted by molar-refractivity contribution is 7.16. The van der Waals surface area contributed by atoms with Crippen molar-refractivity contribution in [2.45, 2.75) is 59.5 Å². The zero-order valence-corrected chi connectivity index (χ0v) is 13.1. The molecule has 1 heterocycles. The second kappa shape index (κ2) is 6.21. The molecule has 2 unspecified atom stereocenters. The van der Waals surface area contributed by atoms with E-state index in [-0.39, 0.29) is 0 Å². The molecule has 1 rings (SSSR count). The zero-order chi connectivity index (χ0) is 13.1. The van der Waals surface area contributed by atoms with Gasteiger partial charge in [-0.3, -0.25) is 0 Å². The van der Waals surface area contributed by atoms with Gasteiger partial charge in [0.2, 0.25) is 0 Å². The molecule has 0 aromatic carbocycles. The molecule has 1 nitrogen and oxygen atoms in total. The van der Waals surface area contributed by atoms with Gasteiger partial charge in [0.25, 0.3) is 0 Å². The molecular weight excluding hydrogens is 250 g/mol. The molecule has 3 heteroatoms. The van der Waals surface area contributed by atoms with Crippen LogP contribution in [0.2, 0.25) is 4.34 Å². The predicted octanol–water partition coefficient (Wildman–Crippen LogP) is 5.27. The third kappa shape index (κ3) is 5.89. The van der Waals surface area contributed by atoms with Gasteiger partial charge in [-0.1, -0.05) is 32.4 Å². The third-order valence-electron chi connectivity index (χ3n) is 2.88. The molecule has 0 fully saturated rings. The van der Waals surface area contributed by atoms with Gasteiger partial charge in [0.1, 0.15) is 0 Å². The minimum Gasteiger partial charge on any atom is -0.307 e. The Morgan fingerprint density at radius 1 is 1.29 bits per heavy atom. The van der Waals surface area contributed by atoms with Crippen molar-refractivity contribution in [1.29, 1.82) is 0 Å². The molecule has 17 heavy (non-hydrogen) atoms. The SMILES string of the molecule is CC(CCC(C)(C)C)NC(C)c1ccc(Cl)s1. The molecule has 98 valence electrons. The van der Waals surface area contributed by atoms with Crippen LogP contribution in [0, 0.1) is 5.41 Å². The van der Waals surface area contributed by atoms with E-state index in [2.05, 4.69) is 46.0 Å². The Morgan fingerprint density at radius 2 is 1.94 bits per heavy atom. The van der Waals surface area contributed by atoms with Gasteiger partial charge < -0.3 is 5.32 Å². The lowest BCUT2D eigenvalue weighted by Gasteiger charge is -2.23. The van der Waals surface area contributed by atoms with Crippen LogP contribution in [0.25, 0.3) is 0 Å². The Morgan fingerprint density at radius 3 is 2.41 bits per heavy atom. The van der Waals surface area contributed by atoms with E-state index in [1.165, 1.54) is 17.7 Å². The van der Waals surface area contributed by atoms with E-state index < -0.39 is 0 Å². The van der Waals surface area contributed by atoms with Crippen LogP contribution in [0.4, 0.5) is 0 Å². The summed E-state index contributed by atoms with van der Waals surface area (Å²) in [5.74, 6) is 0. The van der Waals surface area contributed by atoms with Gasteiger partial charge in [0, 0.05) is 17.0 Å². The molecule has 0 spiro atoms. The molecule has 0 aliphatic carbocycles. The van der Waals surface area contributed by atoms with Crippen molar-refractivity contribution in [1.82, 2.24) is 5.32 Å². The molecule has 1 aromatic rings. The van der Waals surface area contributed by atoms with E-state index in [1.807, 2.05) is 6.07 Å². The van der Waals surface area contributed by atoms with Crippen LogP contribution in [-0.4, -0.2) is 6.04 Å². The van der Waals surface area contributed by atoms with E-state index in [4.69, 9.17) is 11.6 Å². The average Bonchev–Trinajstić information content (AvgIpc) is 2.61. The van der Waals surface area contributed by atoms with Crippen LogP contribution in [0.3, 0.4) is 0 Å². The Bertz CT molecular complexity index is 340. The van der Waals surface area contributed by atoms with Crippen LogP contribution in [0.15, 0.2) is 12.1 Å². The largest absolute Gasteiger partial charge is 0.307 e. The van der Waals surface area contributed by atoms with Gasteiger partial charge >= 0.3 is 0 Å². The molecule has 0 radical (unpaired) electrons. The standard InChI is InChI=1S/C14H24ClNS/c1-10(8-9-14(3,4)5)16-11(2)12-6-7-13(15)17-12/h6-7,10-11,16H,8-9H2,1-5H3. The fraction of sp³-hybridized carbons (Fsp3) is 0.714. The van der Waals surface area contributed by atoms with E-state index >= 15 is 0 Å². The highest BCUT2D eigenvalue weighted by Crippen LogP contribution is 2.27. The van der Waals surface area contributed by atoms with Gasteiger partial charge in [-0.05, 0) is 44.2 Å². The molecule has 0 aliphatic rings. The maximum Gasteiger partial charge on any atom is 0.0931 e. The summed E-state index contributed by atoms with van der Waals surface area (Å²) in [6.45, 7) is 11.3. The first kappa shape index (κ1) is 15.0. The minimum absolute atomic E-state index is 0.391. The summed E-state index contributed by atoms with van der Waals surface area (Å²) in [4.78, 5) is 1.32. The zero-order valence-electron chi connectivity index (χ0n) is 11.5. The number of rotatable bonds is 5. The summed E-state index contributed by atoms with van der Waals surface area (Å²) in [5, 5.41) is 3.63. The molecule has 0 saturated heterocycles. The average molecular weight is 274 g/mol. The van der Waals surface area contributed by atoms with Gasteiger partial charge in [-0.2, -0.15) is 0 Å². The molecule has 1 N–H and O–H groups in total. The minimum atomic E-state index is 0.391. The second-order valence-electron chi connectivity index (χ2n) is 6.03. The van der Waals surface area contributed by atoms with E-state index in [1.54, 1.807) is 11.3 Å². The lowest BCUT2D eigenvalue weighted by Crippen LogP contribution is -2.29. The Hall–Kier alpha value is -0.0500. The highest BCUT2D eigenvalue weighted by atomic mass is 35.5. The number of hydrogen-bond acceptors (Lipinski definition) is 2. The first-order valence-electron chi connectivity index (χ1n) is 6.29. The summed E-state index contributed by atoms with van der Waals surface area (Å²) in [7, 11) is 0. The number of hydrogen-bond donors (Lipinski definition) is 1. The number of halogens is 1. The Labute approximate surface area is 115 Å². The first-order valence-corrected chi connectivity index (χ1v) is 7.48. The highest BCUT2D eigenvalue weighted by Gasteiger charge is 2.15. The van der Waals surface area contributed by atoms with Gasteiger partial charge in [-0.25, -0.2) is 0 Å². The van der Waals surface area contributed by atoms with Crippen molar-refractivity contribution in [3.63, 3.8) is 0 Å². The third-order valence-corrected chi connectivity index (χ3v) is 4.30. The van der Waals surface area contributed by atoms with Crippen molar-refractivity contribution in [2.75, 3.05) is 0 Å². The summed E-state index contributed by atoms with van der Waals surface area (Å²) >= 11 is 7.62. The van der Waals surface area contributed by atoms with Crippen molar-refractivity contribution in [3.05, 3.63) is 21.3 Å². The molecule has 0 bridgehead atoms. The molecule has 0 saturated carbocycles. The van der Waals surface area contributed by atoms with E-state index in [0.717, 1.165) is 4.34 Å². The topological polar surface area (TPSA) is 12.0 Å². The lowest BCUT2D eigenvalue weighted by atomic mass is 9.89. The summed E-state index contributed by atoms with van der Waals surface area (Å²) in [5.41, 5.74) is 0.422. The summed E-state index contributed by atoms with van der Waals surface area (Å²) in [6, 6.07) is 5.02. The Kier molecular flexibility index (Phi) is 5.49. The van der Waals surface area contributed by atoms with Crippen LogP contribution in [0.5, 0.6) is 0 Å². The molecule has 1 aromatic heterocycles. The first-order chi connectivity index (χ1) is 7.78. The quantitative estimate of drug-likeness (QED) is 0.771. The van der Waals surface area contributed by atoms with Crippen LogP contribution >= 0.6 is 22.9 Å². The van der Waals surface area contributed by atoms with Crippen molar-refractivity contribution in [3.8, 4) is 0 Å². The second-order valence-corrected chi connectivity index (χ2v) is 7.78. The van der Waals surface area contributed by atoms with Crippen LogP contribution in [0.1, 0.15) is 58.4 Å². The van der Waals surface area contributed by atoms with Crippen molar-refractivity contribution >= 4 is 22.9 Å². The maximum absolute atomic E-state index is 5.95. The predicted molar refractivity (Wildman–Crippen MR) is 79.0 cm³/mol. The number of nitrogens with one attached hydrogen (secondary N) is 1. The Balaban J connectivity index is 2.38. The molecule has 2 atom stereocenters. The van der Waals surface area contributed by atoms with Crippen LogP contribution < -0.4 is 5.32 Å².